The fourth-order valence-corrected chi connectivity index (χ4v) is 3.90. The van der Waals surface area contributed by atoms with Gasteiger partial charge in [0, 0.05) is 28.6 Å². The number of amides is 1. The summed E-state index contributed by atoms with van der Waals surface area (Å²) in [4.78, 5) is 15.3. The molecular formula is C16H18BrClN2O2S. The Morgan fingerprint density at radius 2 is 2.17 bits per heavy atom. The van der Waals surface area contributed by atoms with Gasteiger partial charge in [-0.2, -0.15) is 0 Å². The maximum atomic E-state index is 12.1. The van der Waals surface area contributed by atoms with E-state index >= 15 is 0 Å². The number of hydrogen-bond donors (Lipinski definition) is 1. The molecule has 0 spiro atoms. The van der Waals surface area contributed by atoms with Crippen LogP contribution in [-0.4, -0.2) is 31.5 Å². The molecular weight excluding hydrogens is 400 g/mol. The summed E-state index contributed by atoms with van der Waals surface area (Å²) in [6.45, 7) is 1.46. The zero-order valence-electron chi connectivity index (χ0n) is 12.9. The molecule has 0 fully saturated rings. The molecule has 2 aromatic rings. The molecule has 0 aliphatic heterocycles. The van der Waals surface area contributed by atoms with E-state index in [1.54, 1.807) is 36.6 Å². The Kier molecular flexibility index (Phi) is 6.89. The molecule has 0 unspecified atom stereocenters. The number of carbonyl (C=O) groups is 1. The second-order valence-electron chi connectivity index (χ2n) is 5.11. The maximum absolute atomic E-state index is 12.1. The smallest absolute Gasteiger partial charge is 0.234 e. The molecule has 1 aromatic carbocycles. The summed E-state index contributed by atoms with van der Waals surface area (Å²) in [6.07, 6.45) is 0. The predicted octanol–water partition coefficient (Wildman–Crippen LogP) is 3.92. The van der Waals surface area contributed by atoms with E-state index in [0.29, 0.717) is 23.9 Å². The molecule has 2 rings (SSSR count). The van der Waals surface area contributed by atoms with Gasteiger partial charge in [0.05, 0.1) is 17.4 Å². The first-order chi connectivity index (χ1) is 11.0. The summed E-state index contributed by atoms with van der Waals surface area (Å²) in [6, 6.07) is 9.43. The molecule has 1 aromatic heterocycles. The minimum atomic E-state index is -0.0369. The minimum Gasteiger partial charge on any atom is -0.496 e. The van der Waals surface area contributed by atoms with Crippen LogP contribution in [0.1, 0.15) is 10.4 Å². The number of thiophene rings is 1. The van der Waals surface area contributed by atoms with Crippen molar-refractivity contribution in [1.29, 1.82) is 0 Å². The Bertz CT molecular complexity index is 678. The van der Waals surface area contributed by atoms with Crippen LogP contribution in [0.5, 0.6) is 5.75 Å². The number of methoxy groups -OCH3 is 1. The quantitative estimate of drug-likeness (QED) is 0.742. The van der Waals surface area contributed by atoms with E-state index in [9.17, 15) is 4.79 Å². The van der Waals surface area contributed by atoms with Gasteiger partial charge in [0.25, 0.3) is 0 Å². The minimum absolute atomic E-state index is 0.0369. The highest BCUT2D eigenvalue weighted by molar-refractivity contribution is 9.11. The van der Waals surface area contributed by atoms with Gasteiger partial charge in [0.1, 0.15) is 5.75 Å². The van der Waals surface area contributed by atoms with E-state index in [-0.39, 0.29) is 5.91 Å². The van der Waals surface area contributed by atoms with Crippen molar-refractivity contribution < 1.29 is 9.53 Å². The number of nitrogens with one attached hydrogen (secondary N) is 1. The Labute approximate surface area is 153 Å². The summed E-state index contributed by atoms with van der Waals surface area (Å²) in [5, 5.41) is 3.52. The molecule has 7 heteroatoms. The molecule has 0 radical (unpaired) electrons. The predicted molar refractivity (Wildman–Crippen MR) is 98.2 cm³/mol. The molecule has 0 bridgehead atoms. The summed E-state index contributed by atoms with van der Waals surface area (Å²) < 4.78 is 6.37. The first-order valence-corrected chi connectivity index (χ1v) is 8.98. The molecule has 1 amide bonds. The normalized spacial score (nSPS) is 10.8. The topological polar surface area (TPSA) is 41.6 Å². The highest BCUT2D eigenvalue weighted by Gasteiger charge is 2.10. The lowest BCUT2D eigenvalue weighted by Crippen LogP contribution is -2.34. The molecule has 4 nitrogen and oxygen atoms in total. The average molecular weight is 418 g/mol. The van der Waals surface area contributed by atoms with Crippen molar-refractivity contribution in [1.82, 2.24) is 10.2 Å². The van der Waals surface area contributed by atoms with Gasteiger partial charge in [-0.15, -0.1) is 11.3 Å². The summed E-state index contributed by atoms with van der Waals surface area (Å²) in [5.74, 6) is 0.677. The Balaban J connectivity index is 1.84. The van der Waals surface area contributed by atoms with Gasteiger partial charge in [0.15, 0.2) is 0 Å². The van der Waals surface area contributed by atoms with Crippen molar-refractivity contribution in [3.05, 3.63) is 49.6 Å². The van der Waals surface area contributed by atoms with E-state index < -0.39 is 0 Å². The van der Waals surface area contributed by atoms with Gasteiger partial charge in [-0.05, 0) is 53.3 Å². The first-order valence-electron chi connectivity index (χ1n) is 7.00. The number of rotatable bonds is 7. The third-order valence-electron chi connectivity index (χ3n) is 3.19. The third-order valence-corrected chi connectivity index (χ3v) is 5.03. The summed E-state index contributed by atoms with van der Waals surface area (Å²) in [7, 11) is 3.52. The highest BCUT2D eigenvalue weighted by Crippen LogP contribution is 2.23. The molecule has 1 heterocycles. The van der Waals surface area contributed by atoms with Crippen LogP contribution >= 0.6 is 38.9 Å². The van der Waals surface area contributed by atoms with Crippen LogP contribution in [0.3, 0.4) is 0 Å². The van der Waals surface area contributed by atoms with Gasteiger partial charge in [-0.3, -0.25) is 9.69 Å². The first kappa shape index (κ1) is 18.3. The van der Waals surface area contributed by atoms with Crippen LogP contribution in [-0.2, 0) is 17.9 Å². The zero-order chi connectivity index (χ0) is 16.8. The van der Waals surface area contributed by atoms with E-state index in [1.807, 2.05) is 18.0 Å². The van der Waals surface area contributed by atoms with Crippen LogP contribution < -0.4 is 10.1 Å². The highest BCUT2D eigenvalue weighted by atomic mass is 79.9. The maximum Gasteiger partial charge on any atom is 0.234 e. The zero-order valence-corrected chi connectivity index (χ0v) is 16.1. The second kappa shape index (κ2) is 8.68. The lowest BCUT2D eigenvalue weighted by Gasteiger charge is -2.16. The number of ether oxygens (including phenoxy) is 1. The number of carbonyl (C=O) groups excluding carboxylic acids is 1. The standard InChI is InChI=1S/C16H18BrClN2O2S/c1-20(9-13-4-6-15(17)23-13)10-16(21)19-8-11-7-12(18)3-5-14(11)22-2/h3-7H,8-10H2,1-2H3,(H,19,21). The second-order valence-corrected chi connectivity index (χ2v) is 8.10. The Hall–Kier alpha value is -1.08. The van der Waals surface area contributed by atoms with E-state index in [0.717, 1.165) is 15.9 Å². The molecule has 0 saturated carbocycles. The lowest BCUT2D eigenvalue weighted by atomic mass is 10.2. The largest absolute Gasteiger partial charge is 0.496 e. The molecule has 1 N–H and O–H groups in total. The Morgan fingerprint density at radius 1 is 1.39 bits per heavy atom. The number of benzene rings is 1. The van der Waals surface area contributed by atoms with Crippen molar-refractivity contribution in [3.63, 3.8) is 0 Å². The third kappa shape index (κ3) is 5.80. The van der Waals surface area contributed by atoms with Crippen molar-refractivity contribution >= 4 is 44.8 Å². The molecule has 0 aliphatic rings. The van der Waals surface area contributed by atoms with Crippen molar-refractivity contribution in [2.75, 3.05) is 20.7 Å². The van der Waals surface area contributed by atoms with Crippen LogP contribution in [0, 0.1) is 0 Å². The number of likely N-dealkylation sites (N-methyl/N-ethyl adjacent to an activating group) is 1. The Morgan fingerprint density at radius 3 is 2.83 bits per heavy atom. The molecule has 23 heavy (non-hydrogen) atoms. The van der Waals surface area contributed by atoms with Gasteiger partial charge < -0.3 is 10.1 Å². The van der Waals surface area contributed by atoms with E-state index in [1.165, 1.54) is 4.88 Å². The van der Waals surface area contributed by atoms with Crippen molar-refractivity contribution in [2.45, 2.75) is 13.1 Å². The van der Waals surface area contributed by atoms with Crippen LogP contribution in [0.15, 0.2) is 34.1 Å². The summed E-state index contributed by atoms with van der Waals surface area (Å²) in [5.41, 5.74) is 0.859. The molecule has 0 atom stereocenters. The van der Waals surface area contributed by atoms with Crippen molar-refractivity contribution in [3.8, 4) is 5.75 Å². The van der Waals surface area contributed by atoms with Crippen molar-refractivity contribution in [2.24, 2.45) is 0 Å². The van der Waals surface area contributed by atoms with Gasteiger partial charge in [0.2, 0.25) is 5.91 Å². The van der Waals surface area contributed by atoms with Crippen LogP contribution in [0.2, 0.25) is 5.02 Å². The number of halogens is 2. The fourth-order valence-electron chi connectivity index (χ4n) is 2.14. The molecule has 0 aliphatic carbocycles. The molecule has 124 valence electrons. The SMILES string of the molecule is COc1ccc(Cl)cc1CNC(=O)CN(C)Cc1ccc(Br)s1. The van der Waals surface area contributed by atoms with Gasteiger partial charge in [-0.25, -0.2) is 0 Å². The van der Waals surface area contributed by atoms with Crippen LogP contribution in [0.4, 0.5) is 0 Å². The van der Waals surface area contributed by atoms with Gasteiger partial charge >= 0.3 is 0 Å². The summed E-state index contributed by atoms with van der Waals surface area (Å²) >= 11 is 11.1. The van der Waals surface area contributed by atoms with Crippen LogP contribution in [0.25, 0.3) is 0 Å². The number of nitrogens with zero attached hydrogens (tertiary/aromatic N) is 1. The van der Waals surface area contributed by atoms with Gasteiger partial charge in [-0.1, -0.05) is 11.6 Å². The lowest BCUT2D eigenvalue weighted by molar-refractivity contribution is -0.122. The van der Waals surface area contributed by atoms with E-state index in [2.05, 4.69) is 27.3 Å². The number of hydrogen-bond acceptors (Lipinski definition) is 4. The van der Waals surface area contributed by atoms with E-state index in [4.69, 9.17) is 16.3 Å². The fraction of sp³-hybridized carbons (Fsp3) is 0.312. The molecule has 0 saturated heterocycles. The average Bonchev–Trinajstić information content (AvgIpc) is 2.90. The monoisotopic (exact) mass is 416 g/mol.